The van der Waals surface area contributed by atoms with E-state index in [1.807, 2.05) is 54.6 Å². The Balaban J connectivity index is 1.45. The summed E-state index contributed by atoms with van der Waals surface area (Å²) in [6.07, 6.45) is 1.49. The van der Waals surface area contributed by atoms with Gasteiger partial charge in [-0.05, 0) is 54.6 Å². The maximum atomic E-state index is 13.8. The lowest BCUT2D eigenvalue weighted by Gasteiger charge is -2.10. The number of rotatable bonds is 6. The van der Waals surface area contributed by atoms with Crippen molar-refractivity contribution in [1.82, 2.24) is 9.97 Å². The summed E-state index contributed by atoms with van der Waals surface area (Å²) in [6.45, 7) is 0. The van der Waals surface area contributed by atoms with Crippen molar-refractivity contribution < 1.29 is 13.5 Å². The molecular weight excluding hydrogens is 374 g/mol. The zero-order valence-electron chi connectivity index (χ0n) is 15.1. The fraction of sp³-hybridized carbons (Fsp3) is 0. The molecule has 0 aliphatic carbocycles. The molecule has 0 amide bonds. The van der Waals surface area contributed by atoms with Crippen molar-refractivity contribution in [3.63, 3.8) is 0 Å². The molecule has 5 nitrogen and oxygen atoms in total. The lowest BCUT2D eigenvalue weighted by Crippen LogP contribution is -2.03. The molecule has 1 heterocycles. The van der Waals surface area contributed by atoms with E-state index in [2.05, 4.69) is 20.6 Å². The topological polar surface area (TPSA) is 59.1 Å². The first-order chi connectivity index (χ1) is 14.2. The van der Waals surface area contributed by atoms with E-state index in [9.17, 15) is 8.78 Å². The first-order valence-corrected chi connectivity index (χ1v) is 8.81. The molecule has 4 aromatic rings. The average molecular weight is 390 g/mol. The van der Waals surface area contributed by atoms with Crippen molar-refractivity contribution in [2.75, 3.05) is 10.6 Å². The fourth-order valence-corrected chi connectivity index (χ4v) is 2.60. The summed E-state index contributed by atoms with van der Waals surface area (Å²) in [6, 6.07) is 22.1. The molecule has 0 bridgehead atoms. The molecule has 0 unspecified atom stereocenters. The lowest BCUT2D eigenvalue weighted by atomic mass is 10.3. The molecule has 29 heavy (non-hydrogen) atoms. The second-order valence-electron chi connectivity index (χ2n) is 6.05. The van der Waals surface area contributed by atoms with Gasteiger partial charge in [-0.1, -0.05) is 24.3 Å². The Bertz CT molecular complexity index is 1090. The van der Waals surface area contributed by atoms with Crippen LogP contribution in [0.1, 0.15) is 0 Å². The number of nitrogens with one attached hydrogen (secondary N) is 2. The van der Waals surface area contributed by atoms with Crippen LogP contribution in [0.2, 0.25) is 0 Å². The number of halogens is 2. The number of ether oxygens (including phenoxy) is 1. The third kappa shape index (κ3) is 4.65. The van der Waals surface area contributed by atoms with Gasteiger partial charge in [0, 0.05) is 11.9 Å². The molecule has 0 aliphatic heterocycles. The average Bonchev–Trinajstić information content (AvgIpc) is 2.73. The molecule has 0 spiro atoms. The highest BCUT2D eigenvalue weighted by atomic mass is 19.1. The molecule has 0 atom stereocenters. The van der Waals surface area contributed by atoms with Gasteiger partial charge < -0.3 is 15.4 Å². The summed E-state index contributed by atoms with van der Waals surface area (Å²) in [4.78, 5) is 8.24. The molecule has 1 aromatic heterocycles. The second-order valence-corrected chi connectivity index (χ2v) is 6.05. The second kappa shape index (κ2) is 8.35. The van der Waals surface area contributed by atoms with Crippen LogP contribution in [0.5, 0.6) is 11.5 Å². The highest BCUT2D eigenvalue weighted by molar-refractivity contribution is 5.60. The number of aromatic nitrogens is 2. The minimum Gasteiger partial charge on any atom is -0.457 e. The number of para-hydroxylation sites is 2. The Hall–Kier alpha value is -4.00. The highest BCUT2D eigenvalue weighted by Crippen LogP contribution is 2.25. The van der Waals surface area contributed by atoms with Crippen LogP contribution in [-0.2, 0) is 0 Å². The molecule has 0 aliphatic rings. The van der Waals surface area contributed by atoms with Gasteiger partial charge in [0.2, 0.25) is 5.95 Å². The maximum absolute atomic E-state index is 13.8. The first-order valence-electron chi connectivity index (χ1n) is 8.81. The predicted octanol–water partition coefficient (Wildman–Crippen LogP) is 6.03. The summed E-state index contributed by atoms with van der Waals surface area (Å²) >= 11 is 0. The van der Waals surface area contributed by atoms with Crippen molar-refractivity contribution in [2.24, 2.45) is 0 Å². The molecule has 3 aromatic carbocycles. The minimum absolute atomic E-state index is 0.0723. The molecular formula is C22H16F2N4O. The summed E-state index contributed by atoms with van der Waals surface area (Å²) in [5.41, 5.74) is 0.471. The fourth-order valence-electron chi connectivity index (χ4n) is 2.60. The van der Waals surface area contributed by atoms with Crippen molar-refractivity contribution >= 4 is 23.1 Å². The van der Waals surface area contributed by atoms with Crippen molar-refractivity contribution in [3.05, 3.63) is 96.7 Å². The molecule has 0 radical (unpaired) electrons. The largest absolute Gasteiger partial charge is 0.457 e. The number of benzene rings is 3. The van der Waals surface area contributed by atoms with Crippen molar-refractivity contribution in [3.8, 4) is 11.5 Å². The normalized spacial score (nSPS) is 10.4. The number of anilines is 4. The zero-order chi connectivity index (χ0) is 20.1. The maximum Gasteiger partial charge on any atom is 0.229 e. The van der Waals surface area contributed by atoms with Crippen LogP contribution in [0.3, 0.4) is 0 Å². The minimum atomic E-state index is -0.721. The van der Waals surface area contributed by atoms with Crippen LogP contribution >= 0.6 is 0 Å². The quantitative estimate of drug-likeness (QED) is 0.421. The summed E-state index contributed by atoms with van der Waals surface area (Å²) < 4.78 is 33.3. The predicted molar refractivity (Wildman–Crippen MR) is 108 cm³/mol. The van der Waals surface area contributed by atoms with Gasteiger partial charge >= 0.3 is 0 Å². The highest BCUT2D eigenvalue weighted by Gasteiger charge is 2.10. The Labute approximate surface area is 166 Å². The molecule has 7 heteroatoms. The first kappa shape index (κ1) is 18.4. The Morgan fingerprint density at radius 3 is 2.10 bits per heavy atom. The molecule has 144 valence electrons. The Morgan fingerprint density at radius 2 is 1.38 bits per heavy atom. The van der Waals surface area contributed by atoms with E-state index in [0.29, 0.717) is 11.6 Å². The molecule has 0 saturated carbocycles. The summed E-state index contributed by atoms with van der Waals surface area (Å²) in [7, 11) is 0. The Kier molecular flexibility index (Phi) is 5.29. The summed E-state index contributed by atoms with van der Waals surface area (Å²) in [5.74, 6) is 0.544. The SMILES string of the molecule is Fc1cccc(F)c1Nc1nccc(Nc2ccc(Oc3ccccc3)cc2)n1. The zero-order valence-corrected chi connectivity index (χ0v) is 15.1. The van der Waals surface area contributed by atoms with Gasteiger partial charge in [0.05, 0.1) is 0 Å². The van der Waals surface area contributed by atoms with Gasteiger partial charge in [0.25, 0.3) is 0 Å². The van der Waals surface area contributed by atoms with E-state index in [4.69, 9.17) is 4.74 Å². The van der Waals surface area contributed by atoms with Crippen LogP contribution in [0.15, 0.2) is 85.1 Å². The van der Waals surface area contributed by atoms with E-state index < -0.39 is 11.6 Å². The van der Waals surface area contributed by atoms with Crippen LogP contribution < -0.4 is 15.4 Å². The van der Waals surface area contributed by atoms with Crippen molar-refractivity contribution in [2.45, 2.75) is 0 Å². The number of hydrogen-bond donors (Lipinski definition) is 2. The Morgan fingerprint density at radius 1 is 0.690 bits per heavy atom. The van der Waals surface area contributed by atoms with Crippen molar-refractivity contribution in [1.29, 1.82) is 0 Å². The third-order valence-electron chi connectivity index (χ3n) is 3.96. The van der Waals surface area contributed by atoms with Gasteiger partial charge in [-0.2, -0.15) is 4.98 Å². The van der Waals surface area contributed by atoms with Crippen LogP contribution in [0.25, 0.3) is 0 Å². The number of hydrogen-bond acceptors (Lipinski definition) is 5. The standard InChI is InChI=1S/C22H16F2N4O/c23-18-7-4-8-19(24)21(18)28-22-25-14-13-20(27-22)26-15-9-11-17(12-10-15)29-16-5-2-1-3-6-16/h1-14H,(H2,25,26,27,28). The van der Waals surface area contributed by atoms with E-state index in [0.717, 1.165) is 23.6 Å². The van der Waals surface area contributed by atoms with Gasteiger partial charge in [0.1, 0.15) is 34.6 Å². The van der Waals surface area contributed by atoms with Gasteiger partial charge in [0.15, 0.2) is 0 Å². The number of nitrogens with zero attached hydrogens (tertiary/aromatic N) is 2. The smallest absolute Gasteiger partial charge is 0.229 e. The van der Waals surface area contributed by atoms with Gasteiger partial charge in [-0.25, -0.2) is 13.8 Å². The van der Waals surface area contributed by atoms with E-state index >= 15 is 0 Å². The molecule has 0 saturated heterocycles. The lowest BCUT2D eigenvalue weighted by molar-refractivity contribution is 0.483. The third-order valence-corrected chi connectivity index (χ3v) is 3.96. The van der Waals surface area contributed by atoms with Gasteiger partial charge in [-0.3, -0.25) is 0 Å². The summed E-state index contributed by atoms with van der Waals surface area (Å²) in [5, 5.41) is 5.69. The van der Waals surface area contributed by atoms with Crippen LogP contribution in [0.4, 0.5) is 31.9 Å². The van der Waals surface area contributed by atoms with E-state index in [-0.39, 0.29) is 11.6 Å². The van der Waals surface area contributed by atoms with Crippen LogP contribution in [-0.4, -0.2) is 9.97 Å². The molecule has 4 rings (SSSR count). The van der Waals surface area contributed by atoms with E-state index in [1.165, 1.54) is 12.3 Å². The monoisotopic (exact) mass is 390 g/mol. The van der Waals surface area contributed by atoms with Crippen LogP contribution in [0, 0.1) is 11.6 Å². The molecule has 0 fully saturated rings. The van der Waals surface area contributed by atoms with Gasteiger partial charge in [-0.15, -0.1) is 0 Å². The van der Waals surface area contributed by atoms with E-state index in [1.54, 1.807) is 6.07 Å². The molecule has 2 N–H and O–H groups in total.